The SMILES string of the molecule is c1cnc2c(c1)ccc1c(-c3ccc4c(c3)sc3ccccc34)c3ccccc3nc12. The van der Waals surface area contributed by atoms with E-state index in [1.54, 1.807) is 0 Å². The summed E-state index contributed by atoms with van der Waals surface area (Å²) in [5.41, 5.74) is 5.36. The summed E-state index contributed by atoms with van der Waals surface area (Å²) in [7, 11) is 0. The van der Waals surface area contributed by atoms with Gasteiger partial charge in [-0.1, -0.05) is 66.7 Å². The van der Waals surface area contributed by atoms with Gasteiger partial charge in [-0.05, 0) is 29.8 Å². The number of para-hydroxylation sites is 1. The molecule has 4 aromatic carbocycles. The molecule has 3 aromatic heterocycles. The van der Waals surface area contributed by atoms with Crippen LogP contribution in [0.5, 0.6) is 0 Å². The van der Waals surface area contributed by atoms with E-state index in [1.807, 2.05) is 23.6 Å². The molecule has 7 rings (SSSR count). The number of fused-ring (bicyclic) bond motifs is 7. The molecule has 0 unspecified atom stereocenters. The van der Waals surface area contributed by atoms with Gasteiger partial charge in [-0.2, -0.15) is 0 Å². The molecule has 0 aliphatic heterocycles. The monoisotopic (exact) mass is 412 g/mol. The van der Waals surface area contributed by atoms with Gasteiger partial charge >= 0.3 is 0 Å². The van der Waals surface area contributed by atoms with Gasteiger partial charge in [0.25, 0.3) is 0 Å². The van der Waals surface area contributed by atoms with Gasteiger partial charge in [-0.15, -0.1) is 11.3 Å². The molecule has 0 atom stereocenters. The Bertz CT molecular complexity index is 1800. The summed E-state index contributed by atoms with van der Waals surface area (Å²) in [5.74, 6) is 0. The number of benzene rings is 4. The average Bonchev–Trinajstić information content (AvgIpc) is 3.20. The highest BCUT2D eigenvalue weighted by Crippen LogP contribution is 2.41. The number of hydrogen-bond acceptors (Lipinski definition) is 3. The molecular formula is C28H16N2S. The van der Waals surface area contributed by atoms with Gasteiger partial charge in [-0.25, -0.2) is 4.98 Å². The predicted octanol–water partition coefficient (Wildman–Crippen LogP) is 7.97. The Kier molecular flexibility index (Phi) is 3.46. The van der Waals surface area contributed by atoms with Gasteiger partial charge in [0.1, 0.15) is 0 Å². The van der Waals surface area contributed by atoms with Gasteiger partial charge in [0.2, 0.25) is 0 Å². The second-order valence-electron chi connectivity index (χ2n) is 7.85. The molecule has 0 amide bonds. The molecule has 144 valence electrons. The smallest absolute Gasteiger partial charge is 0.0978 e. The highest BCUT2D eigenvalue weighted by Gasteiger charge is 2.15. The Morgan fingerprint density at radius 2 is 1.39 bits per heavy atom. The fourth-order valence-corrected chi connectivity index (χ4v) is 5.83. The number of rotatable bonds is 1. The zero-order valence-corrected chi connectivity index (χ0v) is 17.4. The van der Waals surface area contributed by atoms with Gasteiger partial charge in [-0.3, -0.25) is 4.98 Å². The van der Waals surface area contributed by atoms with Crippen molar-refractivity contribution in [2.75, 3.05) is 0 Å². The second-order valence-corrected chi connectivity index (χ2v) is 8.93. The Labute approximate surface area is 182 Å². The third-order valence-electron chi connectivity index (χ3n) is 6.09. The highest BCUT2D eigenvalue weighted by atomic mass is 32.1. The van der Waals surface area contributed by atoms with Gasteiger partial charge < -0.3 is 0 Å². The summed E-state index contributed by atoms with van der Waals surface area (Å²) in [6, 6.07) is 32.3. The van der Waals surface area contributed by atoms with E-state index >= 15 is 0 Å². The Hall–Kier alpha value is -3.82. The maximum atomic E-state index is 5.03. The van der Waals surface area contributed by atoms with Crippen LogP contribution in [0.15, 0.2) is 97.2 Å². The second kappa shape index (κ2) is 6.34. The summed E-state index contributed by atoms with van der Waals surface area (Å²) < 4.78 is 2.64. The molecule has 0 bridgehead atoms. The molecule has 3 heteroatoms. The first-order valence-electron chi connectivity index (χ1n) is 10.3. The Balaban J connectivity index is 1.63. The maximum absolute atomic E-state index is 5.03. The fourth-order valence-electron chi connectivity index (χ4n) is 4.69. The Morgan fingerprint density at radius 3 is 2.35 bits per heavy atom. The molecule has 7 aromatic rings. The number of nitrogens with zero attached hydrogens (tertiary/aromatic N) is 2. The number of hydrogen-bond donors (Lipinski definition) is 0. The van der Waals surface area contributed by atoms with Crippen LogP contribution in [0.4, 0.5) is 0 Å². The van der Waals surface area contributed by atoms with E-state index in [-0.39, 0.29) is 0 Å². The molecule has 0 aliphatic carbocycles. The lowest BCUT2D eigenvalue weighted by atomic mass is 9.94. The maximum Gasteiger partial charge on any atom is 0.0978 e. The molecule has 0 spiro atoms. The number of thiophene rings is 1. The van der Waals surface area contributed by atoms with Crippen molar-refractivity contribution in [1.29, 1.82) is 0 Å². The van der Waals surface area contributed by atoms with Crippen LogP contribution in [0.1, 0.15) is 0 Å². The van der Waals surface area contributed by atoms with Gasteiger partial charge in [0, 0.05) is 48.1 Å². The van der Waals surface area contributed by atoms with E-state index in [1.165, 1.54) is 36.7 Å². The molecule has 3 heterocycles. The minimum atomic E-state index is 0.954. The van der Waals surface area contributed by atoms with Crippen LogP contribution in [0.25, 0.3) is 64.0 Å². The van der Waals surface area contributed by atoms with E-state index in [2.05, 4.69) is 89.9 Å². The largest absolute Gasteiger partial charge is 0.254 e. The standard InChI is InChI=1S/C28H16N2S/c1-3-9-23-21(8-1)26(22-14-11-17-6-5-15-29-27(17)28(22)30-23)18-12-13-20-19-7-2-4-10-24(19)31-25(20)16-18/h1-16H. The van der Waals surface area contributed by atoms with Crippen LogP contribution in [-0.2, 0) is 0 Å². The van der Waals surface area contributed by atoms with Crippen molar-refractivity contribution in [2.45, 2.75) is 0 Å². The zero-order valence-electron chi connectivity index (χ0n) is 16.5. The molecule has 0 saturated heterocycles. The topological polar surface area (TPSA) is 25.8 Å². The first kappa shape index (κ1) is 16.9. The van der Waals surface area contributed by atoms with Crippen LogP contribution in [0, 0.1) is 0 Å². The summed E-state index contributed by atoms with van der Waals surface area (Å²) >= 11 is 1.86. The van der Waals surface area contributed by atoms with E-state index in [0.29, 0.717) is 0 Å². The molecule has 2 nitrogen and oxygen atoms in total. The van der Waals surface area contributed by atoms with Crippen LogP contribution in [-0.4, -0.2) is 9.97 Å². The van der Waals surface area contributed by atoms with E-state index in [4.69, 9.17) is 4.98 Å². The zero-order chi connectivity index (χ0) is 20.4. The molecule has 0 radical (unpaired) electrons. The number of aromatic nitrogens is 2. The van der Waals surface area contributed by atoms with Crippen LogP contribution < -0.4 is 0 Å². The minimum absolute atomic E-state index is 0.954. The quantitative estimate of drug-likeness (QED) is 0.202. The highest BCUT2D eigenvalue weighted by molar-refractivity contribution is 7.25. The molecule has 0 saturated carbocycles. The third kappa shape index (κ3) is 2.44. The van der Waals surface area contributed by atoms with E-state index < -0.39 is 0 Å². The first-order chi connectivity index (χ1) is 15.4. The lowest BCUT2D eigenvalue weighted by molar-refractivity contribution is 1.40. The predicted molar refractivity (Wildman–Crippen MR) is 133 cm³/mol. The minimum Gasteiger partial charge on any atom is -0.254 e. The van der Waals surface area contributed by atoms with Gasteiger partial charge in [0.05, 0.1) is 16.6 Å². The fraction of sp³-hybridized carbons (Fsp3) is 0. The van der Waals surface area contributed by atoms with Crippen LogP contribution in [0.2, 0.25) is 0 Å². The van der Waals surface area contributed by atoms with Gasteiger partial charge in [0.15, 0.2) is 0 Å². The lowest BCUT2D eigenvalue weighted by Crippen LogP contribution is -1.91. The average molecular weight is 413 g/mol. The third-order valence-corrected chi connectivity index (χ3v) is 7.22. The Morgan fingerprint density at radius 1 is 0.581 bits per heavy atom. The molecule has 31 heavy (non-hydrogen) atoms. The molecule has 0 aliphatic rings. The molecule has 0 fully saturated rings. The van der Waals surface area contributed by atoms with Crippen molar-refractivity contribution in [1.82, 2.24) is 9.97 Å². The molecular weight excluding hydrogens is 396 g/mol. The first-order valence-corrected chi connectivity index (χ1v) is 11.2. The summed E-state index contributed by atoms with van der Waals surface area (Å²) in [6.45, 7) is 0. The van der Waals surface area contributed by atoms with E-state index in [0.717, 1.165) is 27.3 Å². The lowest BCUT2D eigenvalue weighted by Gasteiger charge is -2.13. The van der Waals surface area contributed by atoms with Crippen molar-refractivity contribution in [2.24, 2.45) is 0 Å². The summed E-state index contributed by atoms with van der Waals surface area (Å²) in [4.78, 5) is 9.70. The van der Waals surface area contributed by atoms with Crippen molar-refractivity contribution >= 4 is 64.2 Å². The normalized spacial score (nSPS) is 11.9. The van der Waals surface area contributed by atoms with Crippen molar-refractivity contribution < 1.29 is 0 Å². The van der Waals surface area contributed by atoms with E-state index in [9.17, 15) is 0 Å². The van der Waals surface area contributed by atoms with Crippen LogP contribution in [0.3, 0.4) is 0 Å². The summed E-state index contributed by atoms with van der Waals surface area (Å²) in [5, 5.41) is 6.08. The number of pyridine rings is 2. The van der Waals surface area contributed by atoms with Crippen molar-refractivity contribution in [3.8, 4) is 11.1 Å². The van der Waals surface area contributed by atoms with Crippen molar-refractivity contribution in [3.05, 3.63) is 97.2 Å². The summed E-state index contributed by atoms with van der Waals surface area (Å²) in [6.07, 6.45) is 1.85. The van der Waals surface area contributed by atoms with Crippen molar-refractivity contribution in [3.63, 3.8) is 0 Å². The molecule has 0 N–H and O–H groups in total. The van der Waals surface area contributed by atoms with Crippen LogP contribution >= 0.6 is 11.3 Å².